The Labute approximate surface area is 163 Å². The number of hydrogen-bond donors (Lipinski definition) is 2. The molecule has 2 aromatic rings. The highest BCUT2D eigenvalue weighted by atomic mass is 16.6. The number of aromatic amines is 1. The summed E-state index contributed by atoms with van der Waals surface area (Å²) in [7, 11) is 0. The number of primary amides is 1. The number of benzene rings is 1. The van der Waals surface area contributed by atoms with Crippen LogP contribution in [0.15, 0.2) is 23.0 Å². The maximum atomic E-state index is 13.0. The van der Waals surface area contributed by atoms with Gasteiger partial charge < -0.3 is 15.4 Å². The monoisotopic (exact) mass is 388 g/mol. The number of piperidine rings is 1. The molecule has 1 aromatic heterocycles. The van der Waals surface area contributed by atoms with Gasteiger partial charge >= 0.3 is 6.09 Å². The summed E-state index contributed by atoms with van der Waals surface area (Å²) in [6.07, 6.45) is 0.909. The molecule has 0 aliphatic carbocycles. The molecule has 28 heavy (non-hydrogen) atoms. The van der Waals surface area contributed by atoms with Crippen molar-refractivity contribution in [3.8, 4) is 0 Å². The van der Waals surface area contributed by atoms with E-state index in [4.69, 9.17) is 10.5 Å². The fourth-order valence-electron chi connectivity index (χ4n) is 4.07. The number of ether oxygens (including phenoxy) is 1. The van der Waals surface area contributed by atoms with Crippen LogP contribution < -0.4 is 11.3 Å². The van der Waals surface area contributed by atoms with Crippen molar-refractivity contribution in [2.75, 3.05) is 13.2 Å². The maximum Gasteiger partial charge on any atom is 0.410 e. The fourth-order valence-corrected chi connectivity index (χ4v) is 4.07. The second-order valence-electron chi connectivity index (χ2n) is 8.33. The summed E-state index contributed by atoms with van der Waals surface area (Å²) in [5.74, 6) is -0.626. The van der Waals surface area contributed by atoms with Crippen LogP contribution in [0, 0.1) is 5.41 Å². The van der Waals surface area contributed by atoms with E-state index in [1.807, 2.05) is 0 Å². The standard InChI is InChI=1S/C20H28N4O4/c1-5-28-19(27)23-10-9-12(11-15(23)20(2,3)4)24-18(26)16-13(17(21)25)7-6-8-14(16)22-24/h6-8,12,15,22H,5,9-11H2,1-4H3,(H2,21,25). The van der Waals surface area contributed by atoms with E-state index >= 15 is 0 Å². The molecule has 1 aromatic carbocycles. The Morgan fingerprint density at radius 2 is 2.04 bits per heavy atom. The van der Waals surface area contributed by atoms with E-state index in [0.717, 1.165) is 0 Å². The minimum Gasteiger partial charge on any atom is -0.450 e. The van der Waals surface area contributed by atoms with Crippen LogP contribution in [-0.4, -0.2) is 45.9 Å². The molecule has 1 aliphatic rings. The number of carbonyl (C=O) groups excluding carboxylic acids is 2. The van der Waals surface area contributed by atoms with Gasteiger partial charge in [-0.05, 0) is 37.3 Å². The Bertz CT molecular complexity index is 953. The molecule has 1 aliphatic heterocycles. The molecule has 2 unspecified atom stereocenters. The first-order valence-electron chi connectivity index (χ1n) is 9.61. The van der Waals surface area contributed by atoms with Gasteiger partial charge in [0.1, 0.15) is 0 Å². The van der Waals surface area contributed by atoms with Crippen LogP contribution in [0.3, 0.4) is 0 Å². The quantitative estimate of drug-likeness (QED) is 0.842. The highest BCUT2D eigenvalue weighted by Gasteiger charge is 2.40. The van der Waals surface area contributed by atoms with Gasteiger partial charge in [0.15, 0.2) is 0 Å². The van der Waals surface area contributed by atoms with Gasteiger partial charge in [-0.3, -0.25) is 14.7 Å². The number of likely N-dealkylation sites (tertiary alicyclic amines) is 1. The Morgan fingerprint density at radius 3 is 2.64 bits per heavy atom. The molecule has 3 rings (SSSR count). The Hall–Kier alpha value is -2.77. The van der Waals surface area contributed by atoms with Gasteiger partial charge in [0, 0.05) is 12.6 Å². The average Bonchev–Trinajstić information content (AvgIpc) is 2.97. The van der Waals surface area contributed by atoms with Crippen molar-refractivity contribution in [3.05, 3.63) is 34.1 Å². The maximum absolute atomic E-state index is 13.0. The largest absolute Gasteiger partial charge is 0.450 e. The molecule has 3 N–H and O–H groups in total. The van der Waals surface area contributed by atoms with Gasteiger partial charge in [0.25, 0.3) is 5.56 Å². The van der Waals surface area contributed by atoms with Crippen LogP contribution in [-0.2, 0) is 4.74 Å². The molecule has 0 bridgehead atoms. The first-order chi connectivity index (χ1) is 13.1. The molecule has 8 heteroatoms. The topological polar surface area (TPSA) is 110 Å². The number of aromatic nitrogens is 2. The summed E-state index contributed by atoms with van der Waals surface area (Å²) in [6.45, 7) is 8.84. The second kappa shape index (κ2) is 7.33. The van der Waals surface area contributed by atoms with Crippen molar-refractivity contribution in [2.24, 2.45) is 11.1 Å². The number of nitrogens with two attached hydrogens (primary N) is 1. The lowest BCUT2D eigenvalue weighted by Gasteiger charge is -2.45. The zero-order valence-electron chi connectivity index (χ0n) is 16.8. The molecular formula is C20H28N4O4. The van der Waals surface area contributed by atoms with Gasteiger partial charge in [0.05, 0.1) is 29.1 Å². The molecule has 8 nitrogen and oxygen atoms in total. The van der Waals surface area contributed by atoms with Crippen molar-refractivity contribution in [1.29, 1.82) is 0 Å². The van der Waals surface area contributed by atoms with Crippen LogP contribution in [0.1, 0.15) is 56.9 Å². The van der Waals surface area contributed by atoms with E-state index in [0.29, 0.717) is 36.9 Å². The van der Waals surface area contributed by atoms with Gasteiger partial charge in [-0.2, -0.15) is 0 Å². The predicted molar refractivity (Wildman–Crippen MR) is 106 cm³/mol. The third-order valence-corrected chi connectivity index (χ3v) is 5.45. The SMILES string of the molecule is CCOC(=O)N1CCC(n2[nH]c3cccc(C(N)=O)c3c2=O)CC1C(C)(C)C. The molecule has 2 heterocycles. The van der Waals surface area contributed by atoms with Crippen LogP contribution in [0.2, 0.25) is 0 Å². The van der Waals surface area contributed by atoms with Crippen LogP contribution >= 0.6 is 0 Å². The van der Waals surface area contributed by atoms with Crippen LogP contribution in [0.4, 0.5) is 4.79 Å². The minimum absolute atomic E-state index is 0.0841. The number of rotatable bonds is 3. The van der Waals surface area contributed by atoms with Crippen LogP contribution in [0.5, 0.6) is 0 Å². The first-order valence-corrected chi connectivity index (χ1v) is 9.61. The number of amides is 2. The zero-order chi connectivity index (χ0) is 20.6. The summed E-state index contributed by atoms with van der Waals surface area (Å²) in [5, 5.41) is 3.45. The van der Waals surface area contributed by atoms with Gasteiger partial charge in [-0.25, -0.2) is 9.48 Å². The van der Waals surface area contributed by atoms with Crippen molar-refractivity contribution in [2.45, 2.75) is 52.6 Å². The average molecular weight is 388 g/mol. The Kier molecular flexibility index (Phi) is 5.23. The number of nitrogens with zero attached hydrogens (tertiary/aromatic N) is 2. The smallest absolute Gasteiger partial charge is 0.410 e. The molecular weight excluding hydrogens is 360 g/mol. The highest BCUT2D eigenvalue weighted by molar-refractivity contribution is 6.05. The lowest BCUT2D eigenvalue weighted by Crippen LogP contribution is -2.53. The third-order valence-electron chi connectivity index (χ3n) is 5.45. The van der Waals surface area contributed by atoms with Crippen molar-refractivity contribution >= 4 is 22.9 Å². The van der Waals surface area contributed by atoms with Gasteiger partial charge in [-0.1, -0.05) is 26.8 Å². The number of H-pyrrole nitrogens is 1. The molecule has 1 saturated heterocycles. The number of hydrogen-bond acceptors (Lipinski definition) is 4. The molecule has 2 amide bonds. The van der Waals surface area contributed by atoms with E-state index < -0.39 is 5.91 Å². The van der Waals surface area contributed by atoms with E-state index in [1.165, 1.54) is 0 Å². The third kappa shape index (κ3) is 3.50. The van der Waals surface area contributed by atoms with Crippen molar-refractivity contribution in [1.82, 2.24) is 14.7 Å². The van der Waals surface area contributed by atoms with Gasteiger partial charge in [-0.15, -0.1) is 0 Å². The molecule has 1 fully saturated rings. The first kappa shape index (κ1) is 20.0. The van der Waals surface area contributed by atoms with E-state index in [2.05, 4.69) is 25.9 Å². The number of fused-ring (bicyclic) bond motifs is 1. The van der Waals surface area contributed by atoms with Crippen molar-refractivity contribution < 1.29 is 14.3 Å². The lowest BCUT2D eigenvalue weighted by atomic mass is 9.79. The van der Waals surface area contributed by atoms with Gasteiger partial charge in [0.2, 0.25) is 5.91 Å². The van der Waals surface area contributed by atoms with E-state index in [1.54, 1.807) is 34.7 Å². The molecule has 0 spiro atoms. The van der Waals surface area contributed by atoms with Crippen molar-refractivity contribution in [3.63, 3.8) is 0 Å². The predicted octanol–water partition coefficient (Wildman–Crippen LogP) is 2.64. The Morgan fingerprint density at radius 1 is 1.32 bits per heavy atom. The summed E-state index contributed by atoms with van der Waals surface area (Å²) >= 11 is 0. The lowest BCUT2D eigenvalue weighted by molar-refractivity contribution is 0.0254. The molecule has 152 valence electrons. The summed E-state index contributed by atoms with van der Waals surface area (Å²) < 4.78 is 6.80. The Balaban J connectivity index is 1.98. The molecule has 0 radical (unpaired) electrons. The summed E-state index contributed by atoms with van der Waals surface area (Å²) in [6, 6.07) is 4.82. The molecule has 2 atom stereocenters. The summed E-state index contributed by atoms with van der Waals surface area (Å²) in [5.41, 5.74) is 5.80. The normalized spacial score (nSPS) is 20.4. The number of nitrogens with one attached hydrogen (secondary N) is 1. The minimum atomic E-state index is -0.626. The zero-order valence-corrected chi connectivity index (χ0v) is 16.8. The molecule has 0 saturated carbocycles. The number of carbonyl (C=O) groups is 2. The fraction of sp³-hybridized carbons (Fsp3) is 0.550. The van der Waals surface area contributed by atoms with E-state index in [-0.39, 0.29) is 34.7 Å². The second-order valence-corrected chi connectivity index (χ2v) is 8.33. The van der Waals surface area contributed by atoms with Crippen LogP contribution in [0.25, 0.3) is 10.9 Å². The summed E-state index contributed by atoms with van der Waals surface area (Å²) in [4.78, 5) is 38.9. The van der Waals surface area contributed by atoms with E-state index in [9.17, 15) is 14.4 Å². The highest BCUT2D eigenvalue weighted by Crippen LogP contribution is 2.36.